The van der Waals surface area contributed by atoms with E-state index in [1.807, 2.05) is 18.2 Å². The molecule has 1 atom stereocenters. The molecule has 6 heteroatoms. The van der Waals surface area contributed by atoms with Crippen molar-refractivity contribution in [3.63, 3.8) is 0 Å². The van der Waals surface area contributed by atoms with Gasteiger partial charge in [0, 0.05) is 37.4 Å². The predicted molar refractivity (Wildman–Crippen MR) is 94.3 cm³/mol. The summed E-state index contributed by atoms with van der Waals surface area (Å²) in [6.45, 7) is 5.83. The third-order valence-electron chi connectivity index (χ3n) is 4.71. The highest BCUT2D eigenvalue weighted by molar-refractivity contribution is 5.91. The molecule has 3 rings (SSSR count). The van der Waals surface area contributed by atoms with Gasteiger partial charge in [-0.25, -0.2) is 0 Å². The van der Waals surface area contributed by atoms with Crippen molar-refractivity contribution in [2.75, 3.05) is 19.8 Å². The van der Waals surface area contributed by atoms with E-state index in [1.165, 1.54) is 5.56 Å². The van der Waals surface area contributed by atoms with E-state index in [1.54, 1.807) is 13.0 Å². The van der Waals surface area contributed by atoms with Gasteiger partial charge in [0.15, 0.2) is 0 Å². The van der Waals surface area contributed by atoms with Crippen LogP contribution in [-0.4, -0.2) is 36.4 Å². The molecule has 134 valence electrons. The maximum absolute atomic E-state index is 12.3. The Morgan fingerprint density at radius 3 is 2.64 bits per heavy atom. The standard InChI is InChI=1S/C19H25N3O3/c1-14-12-17(25-22-14)18(23)20-13-19(8-10-24-11-9-19)21-15(2)16-6-4-3-5-7-16/h3-7,12,15,21H,8-11,13H2,1-2H3,(H,20,23)/t15-/m1/s1. The summed E-state index contributed by atoms with van der Waals surface area (Å²) >= 11 is 0. The molecular weight excluding hydrogens is 318 g/mol. The third kappa shape index (κ3) is 4.46. The fraction of sp³-hybridized carbons (Fsp3) is 0.474. The van der Waals surface area contributed by atoms with Crippen LogP contribution in [0, 0.1) is 6.92 Å². The molecule has 1 aliphatic heterocycles. The molecule has 1 fully saturated rings. The van der Waals surface area contributed by atoms with Crippen molar-refractivity contribution in [1.29, 1.82) is 0 Å². The highest BCUT2D eigenvalue weighted by Gasteiger charge is 2.34. The van der Waals surface area contributed by atoms with Crippen LogP contribution < -0.4 is 10.6 Å². The fourth-order valence-corrected chi connectivity index (χ4v) is 3.23. The second-order valence-electron chi connectivity index (χ2n) is 6.68. The summed E-state index contributed by atoms with van der Waals surface area (Å²) in [5.41, 5.74) is 1.73. The number of aromatic nitrogens is 1. The zero-order valence-corrected chi connectivity index (χ0v) is 14.7. The molecule has 0 spiro atoms. The first kappa shape index (κ1) is 17.6. The van der Waals surface area contributed by atoms with Gasteiger partial charge in [-0.15, -0.1) is 0 Å². The highest BCUT2D eigenvalue weighted by atomic mass is 16.5. The van der Waals surface area contributed by atoms with E-state index in [9.17, 15) is 4.79 Å². The molecular formula is C19H25N3O3. The van der Waals surface area contributed by atoms with E-state index >= 15 is 0 Å². The lowest BCUT2D eigenvalue weighted by Gasteiger charge is -2.40. The van der Waals surface area contributed by atoms with Crippen molar-refractivity contribution >= 4 is 5.91 Å². The minimum absolute atomic E-state index is 0.184. The average Bonchev–Trinajstić information content (AvgIpc) is 3.08. The van der Waals surface area contributed by atoms with Crippen molar-refractivity contribution in [3.05, 3.63) is 53.4 Å². The topological polar surface area (TPSA) is 76.4 Å². The molecule has 0 saturated carbocycles. The summed E-state index contributed by atoms with van der Waals surface area (Å²) in [5, 5.41) is 10.5. The number of hydrogen-bond donors (Lipinski definition) is 2. The maximum atomic E-state index is 12.3. The van der Waals surface area contributed by atoms with Crippen LogP contribution in [-0.2, 0) is 4.74 Å². The molecule has 1 aliphatic rings. The van der Waals surface area contributed by atoms with Crippen LogP contribution in [0.1, 0.15) is 47.6 Å². The Hall–Kier alpha value is -2.18. The summed E-state index contributed by atoms with van der Waals surface area (Å²) in [6.07, 6.45) is 1.69. The van der Waals surface area contributed by atoms with Gasteiger partial charge in [0.05, 0.1) is 5.69 Å². The lowest BCUT2D eigenvalue weighted by Crippen LogP contribution is -2.57. The van der Waals surface area contributed by atoms with Crippen LogP contribution in [0.2, 0.25) is 0 Å². The SMILES string of the molecule is Cc1cc(C(=O)NCC2(N[C@H](C)c3ccccc3)CCOCC2)on1. The van der Waals surface area contributed by atoms with Crippen LogP contribution in [0.25, 0.3) is 0 Å². The van der Waals surface area contributed by atoms with Gasteiger partial charge in [-0.05, 0) is 32.3 Å². The second kappa shape index (κ2) is 7.80. The zero-order chi connectivity index (χ0) is 17.7. The highest BCUT2D eigenvalue weighted by Crippen LogP contribution is 2.25. The van der Waals surface area contributed by atoms with E-state index < -0.39 is 0 Å². The molecule has 1 amide bonds. The van der Waals surface area contributed by atoms with Crippen molar-refractivity contribution in [2.45, 2.75) is 38.3 Å². The van der Waals surface area contributed by atoms with Gasteiger partial charge < -0.3 is 19.9 Å². The van der Waals surface area contributed by atoms with Crippen LogP contribution >= 0.6 is 0 Å². The number of nitrogens with one attached hydrogen (secondary N) is 2. The largest absolute Gasteiger partial charge is 0.381 e. The van der Waals surface area contributed by atoms with Crippen LogP contribution in [0.3, 0.4) is 0 Å². The third-order valence-corrected chi connectivity index (χ3v) is 4.71. The number of carbonyl (C=O) groups is 1. The predicted octanol–water partition coefficient (Wildman–Crippen LogP) is 2.61. The molecule has 0 radical (unpaired) electrons. The van der Waals surface area contributed by atoms with E-state index in [0.717, 1.165) is 12.8 Å². The lowest BCUT2D eigenvalue weighted by molar-refractivity contribution is 0.0330. The molecule has 2 N–H and O–H groups in total. The minimum Gasteiger partial charge on any atom is -0.381 e. The number of ether oxygens (including phenoxy) is 1. The monoisotopic (exact) mass is 343 g/mol. The summed E-state index contributed by atoms with van der Waals surface area (Å²) in [4.78, 5) is 12.3. The van der Waals surface area contributed by atoms with Gasteiger partial charge in [-0.1, -0.05) is 35.5 Å². The second-order valence-corrected chi connectivity index (χ2v) is 6.68. The molecule has 1 aromatic carbocycles. The summed E-state index contributed by atoms with van der Waals surface area (Å²) < 4.78 is 10.6. The van der Waals surface area contributed by atoms with Gasteiger partial charge in [0.2, 0.25) is 5.76 Å². The molecule has 25 heavy (non-hydrogen) atoms. The van der Waals surface area contributed by atoms with Crippen LogP contribution in [0.15, 0.2) is 40.9 Å². The summed E-state index contributed by atoms with van der Waals surface area (Å²) in [6, 6.07) is 12.1. The van der Waals surface area contributed by atoms with Crippen molar-refractivity contribution < 1.29 is 14.1 Å². The van der Waals surface area contributed by atoms with Crippen molar-refractivity contribution in [1.82, 2.24) is 15.8 Å². The molecule has 1 aromatic heterocycles. The van der Waals surface area contributed by atoms with Crippen molar-refractivity contribution in [2.24, 2.45) is 0 Å². The molecule has 1 saturated heterocycles. The molecule has 0 aliphatic carbocycles. The number of hydrogen-bond acceptors (Lipinski definition) is 5. The van der Waals surface area contributed by atoms with Crippen LogP contribution in [0.4, 0.5) is 0 Å². The normalized spacial score (nSPS) is 17.8. The Balaban J connectivity index is 1.67. The summed E-state index contributed by atoms with van der Waals surface area (Å²) in [5.74, 6) is 0.0106. The lowest BCUT2D eigenvalue weighted by atomic mass is 9.88. The Morgan fingerprint density at radius 2 is 2.00 bits per heavy atom. The first-order valence-corrected chi connectivity index (χ1v) is 8.70. The van der Waals surface area contributed by atoms with E-state index in [4.69, 9.17) is 9.26 Å². The molecule has 0 unspecified atom stereocenters. The molecule has 6 nitrogen and oxygen atoms in total. The molecule has 0 bridgehead atoms. The number of aryl methyl sites for hydroxylation is 1. The number of nitrogens with zero attached hydrogens (tertiary/aromatic N) is 1. The quantitative estimate of drug-likeness (QED) is 0.843. The Kier molecular flexibility index (Phi) is 5.50. The number of benzene rings is 1. The zero-order valence-electron chi connectivity index (χ0n) is 14.7. The van der Waals surface area contributed by atoms with Gasteiger partial charge in [-0.3, -0.25) is 4.79 Å². The summed E-state index contributed by atoms with van der Waals surface area (Å²) in [7, 11) is 0. The first-order chi connectivity index (χ1) is 12.1. The van der Waals surface area contributed by atoms with E-state index in [0.29, 0.717) is 25.5 Å². The number of amides is 1. The first-order valence-electron chi connectivity index (χ1n) is 8.70. The van der Waals surface area contributed by atoms with Gasteiger partial charge in [-0.2, -0.15) is 0 Å². The van der Waals surface area contributed by atoms with Crippen LogP contribution in [0.5, 0.6) is 0 Å². The van der Waals surface area contributed by atoms with Gasteiger partial charge in [0.25, 0.3) is 5.91 Å². The Labute approximate surface area is 147 Å². The Bertz CT molecular complexity index is 693. The maximum Gasteiger partial charge on any atom is 0.289 e. The molecule has 2 aromatic rings. The van der Waals surface area contributed by atoms with Gasteiger partial charge >= 0.3 is 0 Å². The number of rotatable bonds is 6. The van der Waals surface area contributed by atoms with E-state index in [-0.39, 0.29) is 23.2 Å². The Morgan fingerprint density at radius 1 is 1.28 bits per heavy atom. The van der Waals surface area contributed by atoms with Crippen molar-refractivity contribution in [3.8, 4) is 0 Å². The van der Waals surface area contributed by atoms with Gasteiger partial charge in [0.1, 0.15) is 0 Å². The minimum atomic E-state index is -0.236. The number of carbonyl (C=O) groups excluding carboxylic acids is 1. The fourth-order valence-electron chi connectivity index (χ4n) is 3.23. The average molecular weight is 343 g/mol. The van der Waals surface area contributed by atoms with E-state index in [2.05, 4.69) is 34.8 Å². The molecule has 2 heterocycles. The smallest absolute Gasteiger partial charge is 0.289 e.